The summed E-state index contributed by atoms with van der Waals surface area (Å²) in [5.41, 5.74) is 0. The van der Waals surface area contributed by atoms with Gasteiger partial charge < -0.3 is 19.7 Å². The number of carbonyl (C=O) groups is 2. The third-order valence-corrected chi connectivity index (χ3v) is 3.80. The van der Waals surface area contributed by atoms with Gasteiger partial charge in [-0.2, -0.15) is 0 Å². The highest BCUT2D eigenvalue weighted by Gasteiger charge is 2.20. The second kappa shape index (κ2) is 7.83. The van der Waals surface area contributed by atoms with Gasteiger partial charge in [-0.3, -0.25) is 9.59 Å². The number of hydrogen-bond donors (Lipinski definition) is 2. The zero-order valence-corrected chi connectivity index (χ0v) is 12.1. The van der Waals surface area contributed by atoms with E-state index in [-0.39, 0.29) is 30.8 Å². The van der Waals surface area contributed by atoms with Crippen molar-refractivity contribution in [3.05, 3.63) is 24.2 Å². The van der Waals surface area contributed by atoms with Gasteiger partial charge in [0.15, 0.2) is 5.76 Å². The molecule has 1 saturated heterocycles. The van der Waals surface area contributed by atoms with Crippen LogP contribution in [0.4, 0.5) is 0 Å². The first kappa shape index (κ1) is 15.6. The van der Waals surface area contributed by atoms with Crippen molar-refractivity contribution in [2.24, 2.45) is 5.92 Å². The lowest BCUT2D eigenvalue weighted by Crippen LogP contribution is -2.35. The van der Waals surface area contributed by atoms with Crippen molar-refractivity contribution in [3.63, 3.8) is 0 Å². The van der Waals surface area contributed by atoms with Crippen LogP contribution in [0.3, 0.4) is 0 Å². The lowest BCUT2D eigenvalue weighted by molar-refractivity contribution is -0.121. The summed E-state index contributed by atoms with van der Waals surface area (Å²) >= 11 is 0. The van der Waals surface area contributed by atoms with Gasteiger partial charge in [0.05, 0.1) is 6.26 Å². The molecule has 6 heteroatoms. The van der Waals surface area contributed by atoms with Crippen LogP contribution < -0.4 is 5.32 Å². The Kier molecular flexibility index (Phi) is 5.80. The Morgan fingerprint density at radius 1 is 1.43 bits per heavy atom. The Labute approximate surface area is 124 Å². The molecule has 0 radical (unpaired) electrons. The SMILES string of the molecule is O=C1CCN(C(=O)c2ccco2)CCCC(CO)CCN1. The number of rotatable bonds is 2. The van der Waals surface area contributed by atoms with Crippen LogP contribution in [0.1, 0.15) is 36.2 Å². The van der Waals surface area contributed by atoms with Crippen LogP contribution in [0.5, 0.6) is 0 Å². The Morgan fingerprint density at radius 2 is 2.29 bits per heavy atom. The molecule has 0 bridgehead atoms. The maximum absolute atomic E-state index is 12.3. The van der Waals surface area contributed by atoms with Gasteiger partial charge in [0.2, 0.25) is 5.91 Å². The molecule has 6 nitrogen and oxygen atoms in total. The van der Waals surface area contributed by atoms with Gasteiger partial charge in [0, 0.05) is 32.7 Å². The molecule has 1 atom stereocenters. The number of carbonyl (C=O) groups excluding carboxylic acids is 2. The van der Waals surface area contributed by atoms with Crippen LogP contribution in [0.2, 0.25) is 0 Å². The molecule has 2 heterocycles. The van der Waals surface area contributed by atoms with E-state index < -0.39 is 0 Å². The molecule has 21 heavy (non-hydrogen) atoms. The molecule has 0 saturated carbocycles. The fraction of sp³-hybridized carbons (Fsp3) is 0.600. The highest BCUT2D eigenvalue weighted by Crippen LogP contribution is 2.14. The van der Waals surface area contributed by atoms with E-state index in [0.29, 0.717) is 25.4 Å². The summed E-state index contributed by atoms with van der Waals surface area (Å²) in [5, 5.41) is 12.2. The monoisotopic (exact) mass is 294 g/mol. The fourth-order valence-corrected chi connectivity index (χ4v) is 2.51. The van der Waals surface area contributed by atoms with Crippen molar-refractivity contribution in [1.29, 1.82) is 0 Å². The minimum Gasteiger partial charge on any atom is -0.459 e. The van der Waals surface area contributed by atoms with E-state index in [4.69, 9.17) is 4.42 Å². The van der Waals surface area contributed by atoms with E-state index >= 15 is 0 Å². The number of hydrogen-bond acceptors (Lipinski definition) is 4. The number of aliphatic hydroxyl groups is 1. The highest BCUT2D eigenvalue weighted by molar-refractivity contribution is 5.91. The molecule has 0 spiro atoms. The molecular weight excluding hydrogens is 272 g/mol. The Morgan fingerprint density at radius 3 is 3.00 bits per heavy atom. The molecule has 2 amide bonds. The molecule has 1 aromatic heterocycles. The van der Waals surface area contributed by atoms with Gasteiger partial charge >= 0.3 is 0 Å². The van der Waals surface area contributed by atoms with Gasteiger partial charge in [-0.1, -0.05) is 0 Å². The molecule has 1 aliphatic heterocycles. The second-order valence-corrected chi connectivity index (χ2v) is 5.35. The topological polar surface area (TPSA) is 82.8 Å². The highest BCUT2D eigenvalue weighted by atomic mass is 16.3. The number of nitrogens with one attached hydrogen (secondary N) is 1. The van der Waals surface area contributed by atoms with Crippen LogP contribution in [0.25, 0.3) is 0 Å². The first-order chi connectivity index (χ1) is 10.2. The van der Waals surface area contributed by atoms with Crippen molar-refractivity contribution in [3.8, 4) is 0 Å². The predicted molar refractivity (Wildman–Crippen MR) is 76.7 cm³/mol. The maximum Gasteiger partial charge on any atom is 0.289 e. The lowest BCUT2D eigenvalue weighted by Gasteiger charge is -2.21. The third-order valence-electron chi connectivity index (χ3n) is 3.80. The van der Waals surface area contributed by atoms with Crippen molar-refractivity contribution in [2.45, 2.75) is 25.7 Å². The summed E-state index contributed by atoms with van der Waals surface area (Å²) in [7, 11) is 0. The Hall–Kier alpha value is -1.82. The van der Waals surface area contributed by atoms with Gasteiger partial charge in [-0.25, -0.2) is 0 Å². The standard InChI is InChI=1S/C15H22N2O4/c18-11-12-3-1-8-17(9-6-14(19)16-7-5-12)15(20)13-4-2-10-21-13/h2,4,10,12,18H,1,3,5-9,11H2,(H,16,19). The maximum atomic E-state index is 12.3. The average Bonchev–Trinajstić information content (AvgIpc) is 3.00. The van der Waals surface area contributed by atoms with E-state index in [1.165, 1.54) is 6.26 Å². The van der Waals surface area contributed by atoms with E-state index in [2.05, 4.69) is 5.32 Å². The van der Waals surface area contributed by atoms with Crippen LogP contribution in [-0.4, -0.2) is 48.1 Å². The molecule has 0 aliphatic carbocycles. The zero-order valence-electron chi connectivity index (χ0n) is 12.1. The summed E-state index contributed by atoms with van der Waals surface area (Å²) < 4.78 is 5.14. The van der Waals surface area contributed by atoms with Crippen LogP contribution in [0.15, 0.2) is 22.8 Å². The summed E-state index contributed by atoms with van der Waals surface area (Å²) in [6, 6.07) is 3.30. The zero-order chi connectivity index (χ0) is 15.1. The van der Waals surface area contributed by atoms with Gasteiger partial charge in [0.25, 0.3) is 5.91 Å². The first-order valence-electron chi connectivity index (χ1n) is 7.41. The van der Waals surface area contributed by atoms with Crippen LogP contribution in [0, 0.1) is 5.92 Å². The molecule has 1 aromatic rings. The molecule has 1 unspecified atom stereocenters. The van der Waals surface area contributed by atoms with Crippen molar-refractivity contribution in [1.82, 2.24) is 10.2 Å². The van der Waals surface area contributed by atoms with Crippen LogP contribution >= 0.6 is 0 Å². The molecule has 1 fully saturated rings. The van der Waals surface area contributed by atoms with E-state index in [1.54, 1.807) is 17.0 Å². The second-order valence-electron chi connectivity index (χ2n) is 5.35. The fourth-order valence-electron chi connectivity index (χ4n) is 2.51. The minimum absolute atomic E-state index is 0.0640. The summed E-state index contributed by atoms with van der Waals surface area (Å²) in [6.07, 6.45) is 4.18. The van der Waals surface area contributed by atoms with Gasteiger partial charge in [-0.15, -0.1) is 0 Å². The number of furan rings is 1. The quantitative estimate of drug-likeness (QED) is 0.853. The largest absolute Gasteiger partial charge is 0.459 e. The molecule has 1 aliphatic rings. The van der Waals surface area contributed by atoms with E-state index in [9.17, 15) is 14.7 Å². The van der Waals surface area contributed by atoms with Gasteiger partial charge in [0.1, 0.15) is 0 Å². The molecule has 2 N–H and O–H groups in total. The number of aliphatic hydroxyl groups excluding tert-OH is 1. The number of nitrogens with zero attached hydrogens (tertiary/aromatic N) is 1. The summed E-state index contributed by atoms with van der Waals surface area (Å²) in [6.45, 7) is 1.65. The third kappa shape index (κ3) is 4.60. The predicted octanol–water partition coefficient (Wildman–Crippen LogP) is 1.02. The minimum atomic E-state index is -0.187. The van der Waals surface area contributed by atoms with Crippen molar-refractivity contribution < 1.29 is 19.1 Å². The number of amides is 2. The normalized spacial score (nSPS) is 21.5. The summed E-state index contributed by atoms with van der Waals surface area (Å²) in [5.74, 6) is 0.214. The Bertz CT molecular complexity index is 458. The molecular formula is C15H22N2O4. The van der Waals surface area contributed by atoms with E-state index in [0.717, 1.165) is 19.3 Å². The van der Waals surface area contributed by atoms with Crippen LogP contribution in [-0.2, 0) is 4.79 Å². The Balaban J connectivity index is 2.01. The molecule has 2 rings (SSSR count). The van der Waals surface area contributed by atoms with Crippen molar-refractivity contribution in [2.75, 3.05) is 26.2 Å². The van der Waals surface area contributed by atoms with Crippen molar-refractivity contribution >= 4 is 11.8 Å². The van der Waals surface area contributed by atoms with E-state index in [1.807, 2.05) is 0 Å². The summed E-state index contributed by atoms with van der Waals surface area (Å²) in [4.78, 5) is 25.7. The molecule has 116 valence electrons. The average molecular weight is 294 g/mol. The lowest BCUT2D eigenvalue weighted by atomic mass is 10.0. The molecule has 0 aromatic carbocycles. The van der Waals surface area contributed by atoms with Gasteiger partial charge in [-0.05, 0) is 37.3 Å². The smallest absolute Gasteiger partial charge is 0.289 e. The first-order valence-corrected chi connectivity index (χ1v) is 7.41.